The molecule has 0 bridgehead atoms. The third kappa shape index (κ3) is 2.55. The Bertz CT molecular complexity index is 549. The van der Waals surface area contributed by atoms with Gasteiger partial charge in [-0.3, -0.25) is 0 Å². The van der Waals surface area contributed by atoms with E-state index in [2.05, 4.69) is 0 Å². The molecule has 4 nitrogen and oxygen atoms in total. The number of hydrogen-bond donors (Lipinski definition) is 4. The standard InChI is InChI=1S/C14H12O4/c15-11-5-3-9(7-13(11)17)1-2-10-4-6-12(16)14(18)8-10/h1-8,15-18H. The summed E-state index contributed by atoms with van der Waals surface area (Å²) in [5, 5.41) is 37.0. The lowest BCUT2D eigenvalue weighted by molar-refractivity contribution is 0.403. The fourth-order valence-corrected chi connectivity index (χ4v) is 1.48. The van der Waals surface area contributed by atoms with Crippen molar-refractivity contribution in [2.75, 3.05) is 0 Å². The van der Waals surface area contributed by atoms with E-state index in [1.807, 2.05) is 0 Å². The average molecular weight is 244 g/mol. The van der Waals surface area contributed by atoms with Crippen LogP contribution in [0.2, 0.25) is 0 Å². The third-order valence-corrected chi connectivity index (χ3v) is 2.47. The molecule has 0 spiro atoms. The van der Waals surface area contributed by atoms with Crippen molar-refractivity contribution in [3.63, 3.8) is 0 Å². The van der Waals surface area contributed by atoms with Crippen molar-refractivity contribution in [3.05, 3.63) is 47.5 Å². The van der Waals surface area contributed by atoms with E-state index in [4.69, 9.17) is 10.2 Å². The van der Waals surface area contributed by atoms with Gasteiger partial charge in [-0.15, -0.1) is 0 Å². The molecule has 92 valence electrons. The number of hydrogen-bond acceptors (Lipinski definition) is 4. The predicted molar refractivity (Wildman–Crippen MR) is 68.5 cm³/mol. The second kappa shape index (κ2) is 4.71. The highest BCUT2D eigenvalue weighted by Crippen LogP contribution is 2.27. The second-order valence-electron chi connectivity index (χ2n) is 3.83. The molecule has 2 rings (SSSR count). The number of phenolic OH excluding ortho intramolecular Hbond substituents is 4. The summed E-state index contributed by atoms with van der Waals surface area (Å²) in [5.41, 5.74) is 1.41. The van der Waals surface area contributed by atoms with Gasteiger partial charge in [0.15, 0.2) is 23.0 Å². The van der Waals surface area contributed by atoms with Crippen molar-refractivity contribution >= 4 is 12.2 Å². The summed E-state index contributed by atoms with van der Waals surface area (Å²) >= 11 is 0. The molecule has 0 aliphatic carbocycles. The Morgan fingerprint density at radius 2 is 0.944 bits per heavy atom. The number of phenols is 4. The maximum Gasteiger partial charge on any atom is 0.157 e. The Labute approximate surface area is 104 Å². The molecule has 2 aromatic carbocycles. The van der Waals surface area contributed by atoms with Crippen molar-refractivity contribution in [3.8, 4) is 23.0 Å². The topological polar surface area (TPSA) is 80.9 Å². The van der Waals surface area contributed by atoms with Crippen molar-refractivity contribution in [1.29, 1.82) is 0 Å². The Hall–Kier alpha value is -2.62. The van der Waals surface area contributed by atoms with Crippen LogP contribution in [0.15, 0.2) is 36.4 Å². The summed E-state index contributed by atoms with van der Waals surface area (Å²) in [5.74, 6) is -0.722. The third-order valence-electron chi connectivity index (χ3n) is 2.47. The van der Waals surface area contributed by atoms with E-state index < -0.39 is 0 Å². The van der Waals surface area contributed by atoms with E-state index in [0.717, 1.165) is 0 Å². The van der Waals surface area contributed by atoms with E-state index >= 15 is 0 Å². The summed E-state index contributed by atoms with van der Waals surface area (Å²) in [7, 11) is 0. The van der Waals surface area contributed by atoms with Gasteiger partial charge in [0.1, 0.15) is 0 Å². The first-order valence-electron chi connectivity index (χ1n) is 5.28. The van der Waals surface area contributed by atoms with Gasteiger partial charge in [-0.2, -0.15) is 0 Å². The molecule has 4 heteroatoms. The minimum Gasteiger partial charge on any atom is -0.504 e. The maximum atomic E-state index is 9.32. The van der Waals surface area contributed by atoms with Crippen LogP contribution >= 0.6 is 0 Å². The van der Waals surface area contributed by atoms with E-state index in [0.29, 0.717) is 11.1 Å². The van der Waals surface area contributed by atoms with Crippen LogP contribution in [-0.2, 0) is 0 Å². The lowest BCUT2D eigenvalue weighted by atomic mass is 10.1. The van der Waals surface area contributed by atoms with Gasteiger partial charge in [-0.1, -0.05) is 24.3 Å². The smallest absolute Gasteiger partial charge is 0.157 e. The molecule has 18 heavy (non-hydrogen) atoms. The lowest BCUT2D eigenvalue weighted by Gasteiger charge is -2.00. The first kappa shape index (κ1) is 11.9. The SMILES string of the molecule is Oc1ccc(C=Cc2ccc(O)c(O)c2)cc1O. The van der Waals surface area contributed by atoms with E-state index in [-0.39, 0.29) is 23.0 Å². The van der Waals surface area contributed by atoms with Crippen molar-refractivity contribution in [2.24, 2.45) is 0 Å². The van der Waals surface area contributed by atoms with Gasteiger partial charge in [-0.25, -0.2) is 0 Å². The normalized spacial score (nSPS) is 10.9. The van der Waals surface area contributed by atoms with Crippen LogP contribution in [0, 0.1) is 0 Å². The summed E-state index contributed by atoms with van der Waals surface area (Å²) in [6.45, 7) is 0. The first-order chi connectivity index (χ1) is 8.56. The van der Waals surface area contributed by atoms with Crippen molar-refractivity contribution in [1.82, 2.24) is 0 Å². The molecular weight excluding hydrogens is 232 g/mol. The highest BCUT2D eigenvalue weighted by atomic mass is 16.3. The van der Waals surface area contributed by atoms with Crippen LogP contribution in [-0.4, -0.2) is 20.4 Å². The molecule has 0 aromatic heterocycles. The fourth-order valence-electron chi connectivity index (χ4n) is 1.48. The Morgan fingerprint density at radius 3 is 1.28 bits per heavy atom. The average Bonchev–Trinajstić information content (AvgIpc) is 2.35. The molecule has 0 unspecified atom stereocenters. The maximum absolute atomic E-state index is 9.32. The zero-order valence-corrected chi connectivity index (χ0v) is 9.41. The lowest BCUT2D eigenvalue weighted by Crippen LogP contribution is -1.75. The zero-order valence-electron chi connectivity index (χ0n) is 9.41. The predicted octanol–water partition coefficient (Wildman–Crippen LogP) is 2.68. The number of aromatic hydroxyl groups is 4. The molecule has 0 aliphatic rings. The molecule has 4 N–H and O–H groups in total. The molecule has 0 saturated carbocycles. The van der Waals surface area contributed by atoms with E-state index in [1.165, 1.54) is 24.3 Å². The molecule has 0 radical (unpaired) electrons. The van der Waals surface area contributed by atoms with Crippen LogP contribution in [0.25, 0.3) is 12.2 Å². The summed E-state index contributed by atoms with van der Waals surface area (Å²) in [6, 6.07) is 8.92. The van der Waals surface area contributed by atoms with Gasteiger partial charge in [0.2, 0.25) is 0 Å². The van der Waals surface area contributed by atoms with Gasteiger partial charge in [0, 0.05) is 0 Å². The first-order valence-corrected chi connectivity index (χ1v) is 5.28. The van der Waals surface area contributed by atoms with Crippen LogP contribution in [0.5, 0.6) is 23.0 Å². The van der Waals surface area contributed by atoms with Crippen molar-refractivity contribution < 1.29 is 20.4 Å². The zero-order chi connectivity index (χ0) is 13.1. The van der Waals surface area contributed by atoms with Crippen LogP contribution in [0.1, 0.15) is 11.1 Å². The molecule has 0 atom stereocenters. The van der Waals surface area contributed by atoms with Gasteiger partial charge >= 0.3 is 0 Å². The Kier molecular flexibility index (Phi) is 3.10. The highest BCUT2D eigenvalue weighted by Gasteiger charge is 1.99. The number of benzene rings is 2. The van der Waals surface area contributed by atoms with Gasteiger partial charge in [-0.05, 0) is 35.4 Å². The van der Waals surface area contributed by atoms with Crippen LogP contribution in [0.4, 0.5) is 0 Å². The minimum atomic E-state index is -0.189. The highest BCUT2D eigenvalue weighted by molar-refractivity contribution is 5.71. The molecule has 2 aromatic rings. The summed E-state index contributed by atoms with van der Waals surface area (Å²) in [6.07, 6.45) is 3.43. The summed E-state index contributed by atoms with van der Waals surface area (Å²) < 4.78 is 0. The fraction of sp³-hybridized carbons (Fsp3) is 0. The van der Waals surface area contributed by atoms with E-state index in [9.17, 15) is 10.2 Å². The molecule has 0 heterocycles. The molecule has 0 aliphatic heterocycles. The number of rotatable bonds is 2. The van der Waals surface area contributed by atoms with Gasteiger partial charge < -0.3 is 20.4 Å². The quantitative estimate of drug-likeness (QED) is 0.483. The second-order valence-corrected chi connectivity index (χ2v) is 3.83. The molecular formula is C14H12O4. The van der Waals surface area contributed by atoms with E-state index in [1.54, 1.807) is 24.3 Å². The van der Waals surface area contributed by atoms with Crippen LogP contribution < -0.4 is 0 Å². The summed E-state index contributed by atoms with van der Waals surface area (Å²) in [4.78, 5) is 0. The minimum absolute atomic E-state index is 0.172. The Balaban J connectivity index is 2.24. The van der Waals surface area contributed by atoms with Gasteiger partial charge in [0.05, 0.1) is 0 Å². The van der Waals surface area contributed by atoms with Crippen molar-refractivity contribution in [2.45, 2.75) is 0 Å². The Morgan fingerprint density at radius 1 is 0.556 bits per heavy atom. The van der Waals surface area contributed by atoms with Gasteiger partial charge in [0.25, 0.3) is 0 Å². The largest absolute Gasteiger partial charge is 0.504 e. The molecule has 0 fully saturated rings. The molecule has 0 saturated heterocycles. The molecule has 0 amide bonds. The van der Waals surface area contributed by atoms with Crippen LogP contribution in [0.3, 0.4) is 0 Å². The monoisotopic (exact) mass is 244 g/mol.